The molecule has 1 aromatic heterocycles. The first-order valence-electron chi connectivity index (χ1n) is 6.24. The topological polar surface area (TPSA) is 52.9 Å². The van der Waals surface area contributed by atoms with Gasteiger partial charge in [-0.2, -0.15) is 0 Å². The van der Waals surface area contributed by atoms with Crippen molar-refractivity contribution in [1.29, 1.82) is 0 Å². The summed E-state index contributed by atoms with van der Waals surface area (Å²) in [5.74, 6) is -1.70. The molecular formula is C13H12ClF2N3O. The third-order valence-electron chi connectivity index (χ3n) is 3.52. The van der Waals surface area contributed by atoms with Crippen LogP contribution < -0.4 is 11.3 Å². The summed E-state index contributed by atoms with van der Waals surface area (Å²) in [6.45, 7) is 1.14. The second kappa shape index (κ2) is 4.63. The lowest BCUT2D eigenvalue weighted by molar-refractivity contribution is 0.356. The van der Waals surface area contributed by atoms with Crippen LogP contribution in [0.3, 0.4) is 0 Å². The highest BCUT2D eigenvalue weighted by atomic mass is 35.5. The summed E-state index contributed by atoms with van der Waals surface area (Å²) in [6, 6.07) is 1.78. The minimum absolute atomic E-state index is 0.0396. The molecule has 7 heteroatoms. The molecule has 0 fully saturated rings. The van der Waals surface area contributed by atoms with Crippen molar-refractivity contribution in [2.45, 2.75) is 25.9 Å². The predicted molar refractivity (Wildman–Crippen MR) is 72.7 cm³/mol. The standard InChI is InChI=1S/C13H12ClF2N3O/c14-12-11(7-5-10(17)9(16)6-8(7)15)13(20)19-4-2-1-3-18(12)19/h5-6H,1-4,17H2. The Morgan fingerprint density at radius 1 is 1.10 bits per heavy atom. The SMILES string of the molecule is Nc1cc(-c2c(Cl)n3n(c2=O)CCCC3)c(F)cc1F. The first-order valence-corrected chi connectivity index (χ1v) is 6.62. The van der Waals surface area contributed by atoms with Crippen LogP contribution in [0.1, 0.15) is 12.8 Å². The quantitative estimate of drug-likeness (QED) is 0.823. The zero-order valence-electron chi connectivity index (χ0n) is 10.5. The molecule has 2 aromatic rings. The Balaban J connectivity index is 2.28. The maximum Gasteiger partial charge on any atom is 0.276 e. The molecule has 0 spiro atoms. The number of hydrogen-bond acceptors (Lipinski definition) is 2. The van der Waals surface area contributed by atoms with Crippen LogP contribution in [0.5, 0.6) is 0 Å². The van der Waals surface area contributed by atoms with Gasteiger partial charge < -0.3 is 5.73 Å². The van der Waals surface area contributed by atoms with Crippen molar-refractivity contribution in [3.8, 4) is 11.1 Å². The lowest BCUT2D eigenvalue weighted by atomic mass is 10.1. The summed E-state index contributed by atoms with van der Waals surface area (Å²) in [4.78, 5) is 12.3. The summed E-state index contributed by atoms with van der Waals surface area (Å²) in [7, 11) is 0. The van der Waals surface area contributed by atoms with Gasteiger partial charge in [0.2, 0.25) is 0 Å². The predicted octanol–water partition coefficient (Wildman–Crippen LogP) is 2.62. The monoisotopic (exact) mass is 299 g/mol. The van der Waals surface area contributed by atoms with Crippen molar-refractivity contribution >= 4 is 17.3 Å². The van der Waals surface area contributed by atoms with Gasteiger partial charge >= 0.3 is 0 Å². The Morgan fingerprint density at radius 3 is 2.40 bits per heavy atom. The van der Waals surface area contributed by atoms with E-state index in [0.717, 1.165) is 18.9 Å². The first-order chi connectivity index (χ1) is 9.50. The molecule has 2 N–H and O–H groups in total. The van der Waals surface area contributed by atoms with Gasteiger partial charge in [0.15, 0.2) is 0 Å². The molecule has 1 aliphatic rings. The lowest BCUT2D eigenvalue weighted by Crippen LogP contribution is -2.27. The second-order valence-electron chi connectivity index (χ2n) is 4.78. The van der Waals surface area contributed by atoms with Gasteiger partial charge in [-0.3, -0.25) is 9.48 Å². The van der Waals surface area contributed by atoms with Crippen LogP contribution in [0.15, 0.2) is 16.9 Å². The maximum absolute atomic E-state index is 13.9. The molecule has 0 amide bonds. The number of rotatable bonds is 1. The molecule has 20 heavy (non-hydrogen) atoms. The first kappa shape index (κ1) is 13.2. The van der Waals surface area contributed by atoms with Crippen molar-refractivity contribution in [2.24, 2.45) is 0 Å². The molecule has 1 aromatic carbocycles. The Labute approximate surface area is 118 Å². The number of halogens is 3. The van der Waals surface area contributed by atoms with Crippen LogP contribution in [-0.2, 0) is 13.1 Å². The van der Waals surface area contributed by atoms with Crippen LogP contribution in [0.2, 0.25) is 5.15 Å². The number of nitrogen functional groups attached to an aromatic ring is 1. The molecule has 1 aliphatic heterocycles. The largest absolute Gasteiger partial charge is 0.396 e. The van der Waals surface area contributed by atoms with Crippen molar-refractivity contribution in [1.82, 2.24) is 9.36 Å². The number of aromatic nitrogens is 2. The average molecular weight is 300 g/mol. The second-order valence-corrected chi connectivity index (χ2v) is 5.14. The van der Waals surface area contributed by atoms with E-state index in [9.17, 15) is 13.6 Å². The summed E-state index contributed by atoms with van der Waals surface area (Å²) in [5, 5.41) is 0.166. The molecule has 4 nitrogen and oxygen atoms in total. The van der Waals surface area contributed by atoms with Crippen LogP contribution in [-0.4, -0.2) is 9.36 Å². The smallest absolute Gasteiger partial charge is 0.276 e. The molecule has 2 heterocycles. The fourth-order valence-electron chi connectivity index (χ4n) is 2.51. The van der Waals surface area contributed by atoms with E-state index in [1.54, 1.807) is 4.68 Å². The van der Waals surface area contributed by atoms with Gasteiger partial charge in [-0.25, -0.2) is 13.5 Å². The van der Waals surface area contributed by atoms with Crippen molar-refractivity contribution in [3.05, 3.63) is 39.3 Å². The zero-order valence-corrected chi connectivity index (χ0v) is 11.3. The molecule has 0 saturated heterocycles. The van der Waals surface area contributed by atoms with Gasteiger partial charge in [-0.05, 0) is 18.9 Å². The van der Waals surface area contributed by atoms with E-state index in [4.69, 9.17) is 17.3 Å². The normalized spacial score (nSPS) is 14.3. The number of fused-ring (bicyclic) bond motifs is 1. The van der Waals surface area contributed by atoms with Gasteiger partial charge in [0.05, 0.1) is 11.3 Å². The fraction of sp³-hybridized carbons (Fsp3) is 0.308. The molecule has 0 saturated carbocycles. The average Bonchev–Trinajstić information content (AvgIpc) is 2.68. The fourth-order valence-corrected chi connectivity index (χ4v) is 2.87. The Kier molecular flexibility index (Phi) is 3.05. The zero-order chi connectivity index (χ0) is 14.4. The molecule has 3 rings (SSSR count). The van der Waals surface area contributed by atoms with E-state index in [-0.39, 0.29) is 27.5 Å². The highest BCUT2D eigenvalue weighted by Gasteiger charge is 2.24. The van der Waals surface area contributed by atoms with E-state index in [2.05, 4.69) is 0 Å². The minimum atomic E-state index is -0.855. The van der Waals surface area contributed by atoms with Gasteiger partial charge in [0.25, 0.3) is 5.56 Å². The van der Waals surface area contributed by atoms with E-state index in [1.807, 2.05) is 0 Å². The number of anilines is 1. The highest BCUT2D eigenvalue weighted by Crippen LogP contribution is 2.31. The van der Waals surface area contributed by atoms with Gasteiger partial charge in [-0.15, -0.1) is 0 Å². The Bertz CT molecular complexity index is 751. The van der Waals surface area contributed by atoms with E-state index in [1.165, 1.54) is 4.68 Å². The molecule has 106 valence electrons. The number of benzene rings is 1. The maximum atomic E-state index is 13.9. The minimum Gasteiger partial charge on any atom is -0.396 e. The molecule has 0 bridgehead atoms. The summed E-state index contributed by atoms with van der Waals surface area (Å²) < 4.78 is 30.3. The third-order valence-corrected chi connectivity index (χ3v) is 3.90. The number of nitrogens with two attached hydrogens (primary N) is 1. The van der Waals surface area contributed by atoms with Crippen molar-refractivity contribution in [3.63, 3.8) is 0 Å². The van der Waals surface area contributed by atoms with E-state index >= 15 is 0 Å². The molecule has 0 aliphatic carbocycles. The lowest BCUT2D eigenvalue weighted by Gasteiger charge is -2.17. The van der Waals surface area contributed by atoms with E-state index < -0.39 is 11.6 Å². The summed E-state index contributed by atoms with van der Waals surface area (Å²) >= 11 is 6.19. The molecular weight excluding hydrogens is 288 g/mol. The number of nitrogens with zero attached hydrogens (tertiary/aromatic N) is 2. The Hall–Kier alpha value is -1.82. The van der Waals surface area contributed by atoms with Crippen molar-refractivity contribution < 1.29 is 8.78 Å². The van der Waals surface area contributed by atoms with Crippen molar-refractivity contribution in [2.75, 3.05) is 5.73 Å². The molecule has 0 atom stereocenters. The van der Waals surface area contributed by atoms with Gasteiger partial charge in [-0.1, -0.05) is 11.6 Å². The molecule has 0 radical (unpaired) electrons. The van der Waals surface area contributed by atoms with Crippen LogP contribution in [0, 0.1) is 11.6 Å². The summed E-state index contributed by atoms with van der Waals surface area (Å²) in [6.07, 6.45) is 1.77. The van der Waals surface area contributed by atoms with Gasteiger partial charge in [0.1, 0.15) is 16.8 Å². The summed E-state index contributed by atoms with van der Waals surface area (Å²) in [5.41, 5.74) is 4.83. The number of hydrogen-bond donors (Lipinski definition) is 1. The third kappa shape index (κ3) is 1.83. The Morgan fingerprint density at radius 2 is 1.75 bits per heavy atom. The van der Waals surface area contributed by atoms with Crippen LogP contribution in [0.25, 0.3) is 11.1 Å². The van der Waals surface area contributed by atoms with Crippen LogP contribution in [0.4, 0.5) is 14.5 Å². The van der Waals surface area contributed by atoms with Gasteiger partial charge in [0, 0.05) is 24.7 Å². The molecule has 0 unspecified atom stereocenters. The highest BCUT2D eigenvalue weighted by molar-refractivity contribution is 6.32. The van der Waals surface area contributed by atoms with E-state index in [0.29, 0.717) is 19.2 Å². The van der Waals surface area contributed by atoms with Crippen LogP contribution >= 0.6 is 11.6 Å².